The van der Waals surface area contributed by atoms with E-state index in [1.165, 1.54) is 33.3 Å². The van der Waals surface area contributed by atoms with Gasteiger partial charge in [0.05, 0.1) is 36.4 Å². The van der Waals surface area contributed by atoms with Gasteiger partial charge in [0.15, 0.2) is 23.0 Å². The van der Waals surface area contributed by atoms with Crippen LogP contribution in [0, 0.1) is 18.3 Å². The third kappa shape index (κ3) is 5.90. The highest BCUT2D eigenvalue weighted by molar-refractivity contribution is 6.38. The van der Waals surface area contributed by atoms with Gasteiger partial charge in [-0.15, -0.1) is 0 Å². The van der Waals surface area contributed by atoms with Crippen molar-refractivity contribution in [2.24, 2.45) is 0 Å². The van der Waals surface area contributed by atoms with Gasteiger partial charge < -0.3 is 19.3 Å². The lowest BCUT2D eigenvalue weighted by Gasteiger charge is -2.17. The number of halogens is 2. The van der Waals surface area contributed by atoms with Gasteiger partial charge in [-0.1, -0.05) is 42.6 Å². The molecule has 1 heterocycles. The Balaban J connectivity index is 2.02. The van der Waals surface area contributed by atoms with Crippen LogP contribution in [0.3, 0.4) is 0 Å². The highest BCUT2D eigenvalue weighted by Gasteiger charge is 2.26. The van der Waals surface area contributed by atoms with E-state index in [-0.39, 0.29) is 44.6 Å². The maximum Gasteiger partial charge on any atom is 0.271 e. The van der Waals surface area contributed by atoms with Crippen molar-refractivity contribution in [2.75, 3.05) is 20.8 Å². The third-order valence-electron chi connectivity index (χ3n) is 6.10. The normalized spacial score (nSPS) is 10.7. The zero-order valence-corrected chi connectivity index (χ0v) is 23.1. The highest BCUT2D eigenvalue weighted by Crippen LogP contribution is 2.36. The highest BCUT2D eigenvalue weighted by atomic mass is 35.5. The molecular weight excluding hydrogens is 531 g/mol. The summed E-state index contributed by atoms with van der Waals surface area (Å²) >= 11 is 12.7. The van der Waals surface area contributed by atoms with Gasteiger partial charge in [0, 0.05) is 12.1 Å². The largest absolute Gasteiger partial charge is 0.494 e. The van der Waals surface area contributed by atoms with Gasteiger partial charge in [0.2, 0.25) is 5.88 Å². The first kappa shape index (κ1) is 28.9. The summed E-state index contributed by atoms with van der Waals surface area (Å²) < 4.78 is 17.2. The molecule has 0 saturated carbocycles. The molecule has 200 valence electrons. The van der Waals surface area contributed by atoms with Gasteiger partial charge in [-0.3, -0.25) is 14.2 Å². The summed E-state index contributed by atoms with van der Waals surface area (Å²) in [6, 6.07) is 9.92. The quantitative estimate of drug-likeness (QED) is 0.237. The molecule has 2 aromatic carbocycles. The van der Waals surface area contributed by atoms with Crippen molar-refractivity contribution in [2.45, 2.75) is 39.7 Å². The molecule has 0 atom stereocenters. The molecule has 0 unspecified atom stereocenters. The number of carbonyl (C=O) groups excluding carboxylic acids is 1. The first-order valence-electron chi connectivity index (χ1n) is 11.9. The summed E-state index contributed by atoms with van der Waals surface area (Å²) in [7, 11) is 3.04. The molecule has 0 aliphatic rings. The van der Waals surface area contributed by atoms with Crippen molar-refractivity contribution in [3.63, 3.8) is 0 Å². The first-order valence-corrected chi connectivity index (χ1v) is 12.7. The fourth-order valence-electron chi connectivity index (χ4n) is 4.00. The number of hydrogen-bond acceptors (Lipinski definition) is 7. The molecule has 0 radical (unpaired) electrons. The Morgan fingerprint density at radius 3 is 2.34 bits per heavy atom. The van der Waals surface area contributed by atoms with Crippen LogP contribution < -0.4 is 19.8 Å². The summed E-state index contributed by atoms with van der Waals surface area (Å²) in [4.78, 5) is 26.6. The van der Waals surface area contributed by atoms with Crippen molar-refractivity contribution in [3.05, 3.63) is 78.5 Å². The van der Waals surface area contributed by atoms with Crippen LogP contribution in [-0.4, -0.2) is 36.3 Å². The number of hydrogen-bond donors (Lipinski definition) is 1. The molecule has 0 bridgehead atoms. The number of aryl methyl sites for hydroxylation is 1. The van der Waals surface area contributed by atoms with Gasteiger partial charge in [0.25, 0.3) is 5.56 Å². The number of nitrogens with zero attached hydrogens (tertiary/aromatic N) is 2. The standard InChI is InChI=1S/C28H28Cl2N2O6/c1-5-6-11-38-26-20(29)13-18(14-21(26)30)25(33)24-16(2)19(15-31)27(34)32(28(24)35)10-9-17-7-8-22(36-3)23(12-17)37-4/h7-8,12-14,35H,5-6,9-11H2,1-4H3. The van der Waals surface area contributed by atoms with E-state index in [0.29, 0.717) is 24.5 Å². The number of carbonyl (C=O) groups is 1. The molecule has 0 saturated heterocycles. The monoisotopic (exact) mass is 558 g/mol. The minimum absolute atomic E-state index is 0.00110. The second-order valence-corrected chi connectivity index (χ2v) is 9.32. The van der Waals surface area contributed by atoms with Gasteiger partial charge in [-0.05, 0) is 55.2 Å². The SMILES string of the molecule is CCCCOc1c(Cl)cc(C(=O)c2c(C)c(C#N)c(=O)n(CCc3ccc(OC)c(OC)c3)c2O)cc1Cl. The summed E-state index contributed by atoms with van der Waals surface area (Å²) in [5.74, 6) is 0.130. The molecule has 1 N–H and O–H groups in total. The summed E-state index contributed by atoms with van der Waals surface area (Å²) in [6.07, 6.45) is 2.03. The summed E-state index contributed by atoms with van der Waals surface area (Å²) in [6.45, 7) is 3.88. The van der Waals surface area contributed by atoms with Crippen LogP contribution in [-0.2, 0) is 13.0 Å². The molecule has 0 amide bonds. The zero-order valence-electron chi connectivity index (χ0n) is 21.6. The molecule has 0 aliphatic carbocycles. The molecule has 10 heteroatoms. The van der Waals surface area contributed by atoms with Gasteiger partial charge in [-0.2, -0.15) is 5.26 Å². The molecular formula is C28H28Cl2N2O6. The Morgan fingerprint density at radius 1 is 1.11 bits per heavy atom. The van der Waals surface area contributed by atoms with Crippen molar-refractivity contribution in [1.29, 1.82) is 5.26 Å². The maximum atomic E-state index is 13.6. The molecule has 38 heavy (non-hydrogen) atoms. The number of benzene rings is 2. The number of ketones is 1. The minimum atomic E-state index is -0.699. The number of aromatic nitrogens is 1. The van der Waals surface area contributed by atoms with E-state index in [4.69, 9.17) is 37.4 Å². The second-order valence-electron chi connectivity index (χ2n) is 8.51. The Hall–Kier alpha value is -3.67. The fourth-order valence-corrected chi connectivity index (χ4v) is 4.60. The molecule has 8 nitrogen and oxygen atoms in total. The Labute approximate surface area is 230 Å². The van der Waals surface area contributed by atoms with Gasteiger partial charge >= 0.3 is 0 Å². The molecule has 0 spiro atoms. The van der Waals surface area contributed by atoms with Crippen LogP contribution in [0.5, 0.6) is 23.1 Å². The molecule has 0 fully saturated rings. The van der Waals surface area contributed by atoms with E-state index in [1.807, 2.05) is 13.0 Å². The number of pyridine rings is 1. The zero-order chi connectivity index (χ0) is 28.0. The van der Waals surface area contributed by atoms with Crippen molar-refractivity contribution < 1.29 is 24.1 Å². The van der Waals surface area contributed by atoms with Crippen LogP contribution in [0.15, 0.2) is 35.1 Å². The van der Waals surface area contributed by atoms with Crippen LogP contribution in [0.25, 0.3) is 0 Å². The van der Waals surface area contributed by atoms with E-state index in [9.17, 15) is 20.0 Å². The molecule has 3 rings (SSSR count). The van der Waals surface area contributed by atoms with Crippen LogP contribution in [0.1, 0.15) is 52.4 Å². The van der Waals surface area contributed by atoms with Gasteiger partial charge in [-0.25, -0.2) is 0 Å². The number of methoxy groups -OCH3 is 2. The van der Waals surface area contributed by atoms with Gasteiger partial charge in [0.1, 0.15) is 11.6 Å². The average Bonchev–Trinajstić information content (AvgIpc) is 2.90. The Bertz CT molecular complexity index is 1440. The lowest BCUT2D eigenvalue weighted by Crippen LogP contribution is -2.27. The van der Waals surface area contributed by atoms with E-state index in [2.05, 4.69) is 0 Å². The summed E-state index contributed by atoms with van der Waals surface area (Å²) in [5, 5.41) is 21.1. The minimum Gasteiger partial charge on any atom is -0.494 e. The fraction of sp³-hybridized carbons (Fsp3) is 0.321. The van der Waals surface area contributed by atoms with Crippen molar-refractivity contribution >= 4 is 29.0 Å². The van der Waals surface area contributed by atoms with Crippen LogP contribution in [0.4, 0.5) is 0 Å². The number of ether oxygens (including phenoxy) is 3. The van der Waals surface area contributed by atoms with Crippen molar-refractivity contribution in [1.82, 2.24) is 4.57 Å². The number of rotatable bonds is 11. The van der Waals surface area contributed by atoms with E-state index >= 15 is 0 Å². The number of aromatic hydroxyl groups is 1. The molecule has 3 aromatic rings. The predicted octanol–water partition coefficient (Wildman–Crippen LogP) is 5.71. The Morgan fingerprint density at radius 2 is 1.76 bits per heavy atom. The van der Waals surface area contributed by atoms with Crippen molar-refractivity contribution in [3.8, 4) is 29.2 Å². The summed E-state index contributed by atoms with van der Waals surface area (Å²) in [5.41, 5.74) is -0.183. The first-order chi connectivity index (χ1) is 18.2. The molecule has 1 aromatic heterocycles. The predicted molar refractivity (Wildman–Crippen MR) is 145 cm³/mol. The van der Waals surface area contributed by atoms with Crippen LogP contribution >= 0.6 is 23.2 Å². The third-order valence-corrected chi connectivity index (χ3v) is 6.67. The Kier molecular flexibility index (Phi) is 9.67. The second kappa shape index (κ2) is 12.7. The average molecular weight is 559 g/mol. The lowest BCUT2D eigenvalue weighted by molar-refractivity contribution is 0.103. The maximum absolute atomic E-state index is 13.6. The van der Waals surface area contributed by atoms with E-state index in [0.717, 1.165) is 23.0 Å². The number of unbranched alkanes of at least 4 members (excludes halogenated alkanes) is 1. The van der Waals surface area contributed by atoms with Crippen LogP contribution in [0.2, 0.25) is 10.0 Å². The number of nitriles is 1. The topological polar surface area (TPSA) is 111 Å². The smallest absolute Gasteiger partial charge is 0.271 e. The molecule has 0 aliphatic heterocycles. The van der Waals surface area contributed by atoms with E-state index in [1.54, 1.807) is 18.2 Å². The van der Waals surface area contributed by atoms with E-state index < -0.39 is 17.2 Å². The lowest BCUT2D eigenvalue weighted by atomic mass is 9.97.